The molecule has 0 spiro atoms. The normalized spacial score (nSPS) is 20.6. The molecule has 0 unspecified atom stereocenters. The molecule has 0 aliphatic carbocycles. The quantitative estimate of drug-likeness (QED) is 0.832. The van der Waals surface area contributed by atoms with Gasteiger partial charge in [0.1, 0.15) is 26.6 Å². The van der Waals surface area contributed by atoms with Crippen LogP contribution in [0.25, 0.3) is 0 Å². The third-order valence-corrected chi connectivity index (χ3v) is 4.69. The molecule has 1 aromatic heterocycles. The minimum Gasteiger partial charge on any atom is -0.367 e. The van der Waals surface area contributed by atoms with E-state index in [1.807, 2.05) is 0 Å². The van der Waals surface area contributed by atoms with E-state index in [4.69, 9.17) is 0 Å². The van der Waals surface area contributed by atoms with E-state index in [2.05, 4.69) is 31.2 Å². The molecule has 0 amide bonds. The summed E-state index contributed by atoms with van der Waals surface area (Å²) in [5.74, 6) is 1.25. The van der Waals surface area contributed by atoms with Crippen molar-refractivity contribution in [2.75, 3.05) is 16.8 Å². The van der Waals surface area contributed by atoms with Gasteiger partial charge in [-0.2, -0.15) is 0 Å². The zero-order valence-electron chi connectivity index (χ0n) is 8.56. The highest BCUT2D eigenvalue weighted by molar-refractivity contribution is 9.10. The van der Waals surface area contributed by atoms with Crippen LogP contribution in [0.1, 0.15) is 12.8 Å². The SMILES string of the molecule is O=S1(=O)CCC(Nc2cc(Br)ncn2)CC1. The van der Waals surface area contributed by atoms with Gasteiger partial charge in [-0.05, 0) is 28.8 Å². The number of rotatable bonds is 2. The number of sulfone groups is 1. The molecule has 1 aliphatic heterocycles. The largest absolute Gasteiger partial charge is 0.367 e. The number of hydrogen-bond donors (Lipinski definition) is 1. The number of nitrogens with zero attached hydrogens (tertiary/aromatic N) is 2. The van der Waals surface area contributed by atoms with Crippen molar-refractivity contribution < 1.29 is 8.42 Å². The highest BCUT2D eigenvalue weighted by Crippen LogP contribution is 2.17. The van der Waals surface area contributed by atoms with Crippen LogP contribution in [0.4, 0.5) is 5.82 Å². The van der Waals surface area contributed by atoms with Gasteiger partial charge in [-0.3, -0.25) is 0 Å². The van der Waals surface area contributed by atoms with Gasteiger partial charge in [-0.25, -0.2) is 18.4 Å². The Morgan fingerprint density at radius 3 is 2.62 bits per heavy atom. The lowest BCUT2D eigenvalue weighted by atomic mass is 10.1. The van der Waals surface area contributed by atoms with Crippen molar-refractivity contribution in [1.82, 2.24) is 9.97 Å². The van der Waals surface area contributed by atoms with Crippen LogP contribution < -0.4 is 5.32 Å². The summed E-state index contributed by atoms with van der Waals surface area (Å²) in [4.78, 5) is 7.99. The van der Waals surface area contributed by atoms with Gasteiger partial charge in [0, 0.05) is 12.1 Å². The molecule has 0 atom stereocenters. The highest BCUT2D eigenvalue weighted by atomic mass is 79.9. The molecular formula is C9H12BrN3O2S. The van der Waals surface area contributed by atoms with Gasteiger partial charge in [0.25, 0.3) is 0 Å². The predicted octanol–water partition coefficient (Wildman–Crippen LogP) is 1.23. The van der Waals surface area contributed by atoms with E-state index in [0.29, 0.717) is 17.4 Å². The second-order valence-corrected chi connectivity index (χ2v) is 6.91. The molecule has 1 fully saturated rings. The molecule has 2 heterocycles. The zero-order valence-corrected chi connectivity index (χ0v) is 11.0. The maximum atomic E-state index is 11.2. The van der Waals surface area contributed by atoms with Crippen molar-refractivity contribution >= 4 is 31.6 Å². The molecule has 7 heteroatoms. The number of hydrogen-bond acceptors (Lipinski definition) is 5. The van der Waals surface area contributed by atoms with Crippen molar-refractivity contribution in [3.63, 3.8) is 0 Å². The van der Waals surface area contributed by atoms with Crippen molar-refractivity contribution in [2.24, 2.45) is 0 Å². The molecule has 2 rings (SSSR count). The zero-order chi connectivity index (χ0) is 11.6. The van der Waals surface area contributed by atoms with Crippen LogP contribution >= 0.6 is 15.9 Å². The first kappa shape index (κ1) is 11.8. The number of anilines is 1. The third kappa shape index (κ3) is 3.15. The summed E-state index contributed by atoms with van der Waals surface area (Å²) in [6.45, 7) is 0. The lowest BCUT2D eigenvalue weighted by molar-refractivity contribution is 0.559. The minimum absolute atomic E-state index is 0.185. The lowest BCUT2D eigenvalue weighted by Crippen LogP contribution is -2.32. The summed E-state index contributed by atoms with van der Waals surface area (Å²) in [6, 6.07) is 1.97. The van der Waals surface area contributed by atoms with E-state index in [9.17, 15) is 8.42 Å². The molecule has 0 aromatic carbocycles. The Labute approximate surface area is 103 Å². The fraction of sp³-hybridized carbons (Fsp3) is 0.556. The van der Waals surface area contributed by atoms with Crippen LogP contribution in [0.15, 0.2) is 17.0 Å². The molecule has 0 radical (unpaired) electrons. The van der Waals surface area contributed by atoms with Crippen molar-refractivity contribution in [3.05, 3.63) is 17.0 Å². The minimum atomic E-state index is -2.80. The van der Waals surface area contributed by atoms with E-state index in [1.54, 1.807) is 6.07 Å². The third-order valence-electron chi connectivity index (χ3n) is 2.54. The van der Waals surface area contributed by atoms with Gasteiger partial charge in [-0.15, -0.1) is 0 Å². The van der Waals surface area contributed by atoms with E-state index >= 15 is 0 Å². The molecule has 88 valence electrons. The molecule has 0 saturated carbocycles. The molecule has 16 heavy (non-hydrogen) atoms. The molecule has 1 saturated heterocycles. The summed E-state index contributed by atoms with van der Waals surface area (Å²) in [5, 5.41) is 3.21. The molecule has 1 aromatic rings. The highest BCUT2D eigenvalue weighted by Gasteiger charge is 2.23. The van der Waals surface area contributed by atoms with E-state index in [-0.39, 0.29) is 17.5 Å². The average Bonchev–Trinajstić information content (AvgIpc) is 2.21. The molecule has 1 aliphatic rings. The average molecular weight is 306 g/mol. The first-order valence-corrected chi connectivity index (χ1v) is 7.61. The summed E-state index contributed by atoms with van der Waals surface area (Å²) < 4.78 is 23.2. The van der Waals surface area contributed by atoms with Crippen LogP contribution in [-0.2, 0) is 9.84 Å². The molecular weight excluding hydrogens is 294 g/mol. The van der Waals surface area contributed by atoms with Crippen molar-refractivity contribution in [1.29, 1.82) is 0 Å². The fourth-order valence-corrected chi connectivity index (χ4v) is 3.46. The van der Waals surface area contributed by atoms with Crippen LogP contribution in [-0.4, -0.2) is 35.9 Å². The predicted molar refractivity (Wildman–Crippen MR) is 65.0 cm³/mol. The Kier molecular flexibility index (Phi) is 3.44. The van der Waals surface area contributed by atoms with Gasteiger partial charge in [0.05, 0.1) is 11.5 Å². The van der Waals surface area contributed by atoms with Crippen LogP contribution in [0.2, 0.25) is 0 Å². The lowest BCUT2D eigenvalue weighted by Gasteiger charge is -2.23. The summed E-state index contributed by atoms with van der Waals surface area (Å²) >= 11 is 3.26. The maximum Gasteiger partial charge on any atom is 0.150 e. The second-order valence-electron chi connectivity index (χ2n) is 3.80. The number of nitrogens with one attached hydrogen (secondary N) is 1. The van der Waals surface area contributed by atoms with E-state index in [1.165, 1.54) is 6.33 Å². The van der Waals surface area contributed by atoms with E-state index < -0.39 is 9.84 Å². The van der Waals surface area contributed by atoms with Gasteiger partial charge in [-0.1, -0.05) is 0 Å². The van der Waals surface area contributed by atoms with Gasteiger partial charge < -0.3 is 5.32 Å². The number of aromatic nitrogens is 2. The Morgan fingerprint density at radius 2 is 2.00 bits per heavy atom. The molecule has 0 bridgehead atoms. The van der Waals surface area contributed by atoms with Crippen LogP contribution in [0.5, 0.6) is 0 Å². The van der Waals surface area contributed by atoms with Gasteiger partial charge >= 0.3 is 0 Å². The summed E-state index contributed by atoms with van der Waals surface area (Å²) in [7, 11) is -2.80. The first-order valence-electron chi connectivity index (χ1n) is 5.00. The number of halogens is 1. The second kappa shape index (κ2) is 4.67. The maximum absolute atomic E-state index is 11.2. The van der Waals surface area contributed by atoms with Gasteiger partial charge in [0.2, 0.25) is 0 Å². The Bertz CT molecular complexity index is 463. The molecule has 5 nitrogen and oxygen atoms in total. The Morgan fingerprint density at radius 1 is 1.31 bits per heavy atom. The molecule has 1 N–H and O–H groups in total. The topological polar surface area (TPSA) is 72.0 Å². The summed E-state index contributed by atoms with van der Waals surface area (Å²) in [5.41, 5.74) is 0. The first-order chi connectivity index (χ1) is 7.55. The van der Waals surface area contributed by atoms with Crippen LogP contribution in [0.3, 0.4) is 0 Å². The Hall–Kier alpha value is -0.690. The monoisotopic (exact) mass is 305 g/mol. The standard InChI is InChI=1S/C9H12BrN3O2S/c10-8-5-9(12-6-11-8)13-7-1-3-16(14,15)4-2-7/h5-7H,1-4H2,(H,11,12,13). The van der Waals surface area contributed by atoms with E-state index in [0.717, 1.165) is 5.82 Å². The fourth-order valence-electron chi connectivity index (χ4n) is 1.66. The summed E-state index contributed by atoms with van der Waals surface area (Å²) in [6.07, 6.45) is 2.75. The smallest absolute Gasteiger partial charge is 0.150 e. The van der Waals surface area contributed by atoms with Gasteiger partial charge in [0.15, 0.2) is 0 Å². The van der Waals surface area contributed by atoms with Crippen molar-refractivity contribution in [3.8, 4) is 0 Å². The Balaban J connectivity index is 1.97. The van der Waals surface area contributed by atoms with Crippen LogP contribution in [0, 0.1) is 0 Å². The van der Waals surface area contributed by atoms with Crippen molar-refractivity contribution in [2.45, 2.75) is 18.9 Å².